The predicted molar refractivity (Wildman–Crippen MR) is 83.1 cm³/mol. The van der Waals surface area contributed by atoms with Gasteiger partial charge in [0.05, 0.1) is 11.0 Å². The van der Waals surface area contributed by atoms with Gasteiger partial charge in [-0.25, -0.2) is 13.8 Å². The molecule has 0 spiro atoms. The van der Waals surface area contributed by atoms with Gasteiger partial charge in [-0.15, -0.1) is 0 Å². The zero-order valence-corrected chi connectivity index (χ0v) is 12.5. The summed E-state index contributed by atoms with van der Waals surface area (Å²) in [6, 6.07) is 10.9. The van der Waals surface area contributed by atoms with E-state index in [0.717, 1.165) is 29.0 Å². The lowest BCUT2D eigenvalue weighted by Gasteiger charge is -2.06. The van der Waals surface area contributed by atoms with E-state index in [9.17, 15) is 13.6 Å². The van der Waals surface area contributed by atoms with Crippen LogP contribution in [0.1, 0.15) is 16.2 Å². The summed E-state index contributed by atoms with van der Waals surface area (Å²) in [5, 5.41) is 2.68. The van der Waals surface area contributed by atoms with Crippen LogP contribution in [0.25, 0.3) is 11.0 Å². The fourth-order valence-corrected chi connectivity index (χ4v) is 2.45. The number of nitrogens with one attached hydrogen (secondary N) is 1. The van der Waals surface area contributed by atoms with Crippen LogP contribution in [0.15, 0.2) is 42.5 Å². The lowest BCUT2D eigenvalue weighted by molar-refractivity contribution is 0.0953. The van der Waals surface area contributed by atoms with Crippen molar-refractivity contribution in [3.8, 4) is 0 Å². The average Bonchev–Trinajstić information content (AvgIpc) is 2.87. The molecule has 118 valence electrons. The molecule has 1 aromatic heterocycles. The van der Waals surface area contributed by atoms with Gasteiger partial charge in [0.2, 0.25) is 0 Å². The van der Waals surface area contributed by atoms with E-state index in [1.165, 1.54) is 6.07 Å². The number of carbonyl (C=O) groups excluding carboxylic acids is 1. The van der Waals surface area contributed by atoms with Crippen LogP contribution in [0.5, 0.6) is 0 Å². The second-order valence-corrected chi connectivity index (χ2v) is 5.21. The van der Waals surface area contributed by atoms with Crippen molar-refractivity contribution in [3.05, 3.63) is 65.5 Å². The maximum atomic E-state index is 13.1. The molecule has 2 aromatic carbocycles. The minimum absolute atomic E-state index is 0.0916. The van der Waals surface area contributed by atoms with Gasteiger partial charge in [-0.2, -0.15) is 0 Å². The fraction of sp³-hybridized carbons (Fsp3) is 0.176. The number of aryl methyl sites for hydroxylation is 1. The van der Waals surface area contributed by atoms with Gasteiger partial charge >= 0.3 is 0 Å². The number of amides is 1. The van der Waals surface area contributed by atoms with E-state index in [1.54, 1.807) is 0 Å². The van der Waals surface area contributed by atoms with E-state index < -0.39 is 17.5 Å². The first kappa shape index (κ1) is 15.1. The molecule has 0 aliphatic heterocycles. The van der Waals surface area contributed by atoms with E-state index in [2.05, 4.69) is 10.3 Å². The molecule has 0 aliphatic carbocycles. The first-order valence-corrected chi connectivity index (χ1v) is 7.20. The van der Waals surface area contributed by atoms with Gasteiger partial charge in [0.1, 0.15) is 5.82 Å². The molecule has 0 radical (unpaired) electrons. The van der Waals surface area contributed by atoms with Gasteiger partial charge in [0.15, 0.2) is 11.6 Å². The van der Waals surface area contributed by atoms with Crippen molar-refractivity contribution in [3.63, 3.8) is 0 Å². The smallest absolute Gasteiger partial charge is 0.251 e. The maximum absolute atomic E-state index is 13.1. The van der Waals surface area contributed by atoms with Crippen LogP contribution in [0, 0.1) is 11.6 Å². The summed E-state index contributed by atoms with van der Waals surface area (Å²) >= 11 is 0. The number of hydrogen-bond acceptors (Lipinski definition) is 2. The molecule has 0 fully saturated rings. The Morgan fingerprint density at radius 1 is 1.17 bits per heavy atom. The lowest BCUT2D eigenvalue weighted by Crippen LogP contribution is -2.26. The van der Waals surface area contributed by atoms with Gasteiger partial charge in [-0.05, 0) is 30.3 Å². The highest BCUT2D eigenvalue weighted by atomic mass is 19.2. The molecule has 0 saturated carbocycles. The molecule has 1 heterocycles. The number of aromatic nitrogens is 2. The molecule has 0 unspecified atom stereocenters. The molecular weight excluding hydrogens is 300 g/mol. The zero-order valence-electron chi connectivity index (χ0n) is 12.5. The van der Waals surface area contributed by atoms with Crippen LogP contribution in [0.4, 0.5) is 8.78 Å². The molecule has 6 heteroatoms. The third kappa shape index (κ3) is 3.06. The van der Waals surface area contributed by atoms with Crippen LogP contribution in [0.2, 0.25) is 0 Å². The second-order valence-electron chi connectivity index (χ2n) is 5.21. The molecule has 1 N–H and O–H groups in total. The van der Waals surface area contributed by atoms with Crippen molar-refractivity contribution in [2.24, 2.45) is 7.05 Å². The summed E-state index contributed by atoms with van der Waals surface area (Å²) in [6.45, 7) is 0.356. The molecule has 3 rings (SSSR count). The number of imidazole rings is 1. The van der Waals surface area contributed by atoms with Crippen molar-refractivity contribution in [2.75, 3.05) is 6.54 Å². The Balaban J connectivity index is 1.65. The fourth-order valence-electron chi connectivity index (χ4n) is 2.45. The largest absolute Gasteiger partial charge is 0.352 e. The molecule has 0 bridgehead atoms. The molecule has 0 aliphatic rings. The number of halogens is 2. The van der Waals surface area contributed by atoms with Crippen molar-refractivity contribution in [2.45, 2.75) is 6.42 Å². The van der Waals surface area contributed by atoms with E-state index >= 15 is 0 Å². The number of nitrogens with zero attached hydrogens (tertiary/aromatic N) is 2. The first-order valence-electron chi connectivity index (χ1n) is 7.20. The summed E-state index contributed by atoms with van der Waals surface area (Å²) in [6.07, 6.45) is 0.542. The minimum Gasteiger partial charge on any atom is -0.352 e. The molecular formula is C17H15F2N3O. The Morgan fingerprint density at radius 3 is 2.70 bits per heavy atom. The Labute approximate surface area is 131 Å². The Morgan fingerprint density at radius 2 is 1.96 bits per heavy atom. The molecule has 0 saturated heterocycles. The van der Waals surface area contributed by atoms with Crippen molar-refractivity contribution < 1.29 is 13.6 Å². The van der Waals surface area contributed by atoms with E-state index in [-0.39, 0.29) is 5.56 Å². The lowest BCUT2D eigenvalue weighted by atomic mass is 10.2. The summed E-state index contributed by atoms with van der Waals surface area (Å²) in [5.74, 6) is -1.60. The maximum Gasteiger partial charge on any atom is 0.251 e. The zero-order chi connectivity index (χ0) is 16.4. The average molecular weight is 315 g/mol. The number of rotatable bonds is 4. The van der Waals surface area contributed by atoms with Crippen molar-refractivity contribution >= 4 is 16.9 Å². The third-order valence-electron chi connectivity index (χ3n) is 3.70. The second kappa shape index (κ2) is 6.16. The Hall–Kier alpha value is -2.76. The number of hydrogen-bond donors (Lipinski definition) is 1. The van der Waals surface area contributed by atoms with Gasteiger partial charge < -0.3 is 9.88 Å². The quantitative estimate of drug-likeness (QED) is 0.805. The predicted octanol–water partition coefficient (Wildman–Crippen LogP) is 2.82. The highest BCUT2D eigenvalue weighted by Crippen LogP contribution is 2.14. The SMILES string of the molecule is Cn1c(CCNC(=O)c2ccc(F)c(F)c2)nc2ccccc21. The molecule has 0 atom stereocenters. The summed E-state index contributed by atoms with van der Waals surface area (Å²) in [5.41, 5.74) is 2.01. The normalized spacial score (nSPS) is 10.9. The van der Waals surface area contributed by atoms with Crippen LogP contribution in [0.3, 0.4) is 0 Å². The molecule has 3 aromatic rings. The van der Waals surface area contributed by atoms with Crippen LogP contribution < -0.4 is 5.32 Å². The highest BCUT2D eigenvalue weighted by molar-refractivity contribution is 5.94. The summed E-state index contributed by atoms with van der Waals surface area (Å²) in [4.78, 5) is 16.4. The Bertz CT molecular complexity index is 873. The number of carbonyl (C=O) groups is 1. The van der Waals surface area contributed by atoms with E-state index in [1.807, 2.05) is 35.9 Å². The summed E-state index contributed by atoms with van der Waals surface area (Å²) < 4.78 is 28.0. The van der Waals surface area contributed by atoms with Gasteiger partial charge in [-0.3, -0.25) is 4.79 Å². The molecule has 23 heavy (non-hydrogen) atoms. The standard InChI is InChI=1S/C17H15F2N3O/c1-22-15-5-3-2-4-14(15)21-16(22)8-9-20-17(23)11-6-7-12(18)13(19)10-11/h2-7,10H,8-9H2,1H3,(H,20,23). The molecule has 1 amide bonds. The van der Waals surface area contributed by atoms with Crippen LogP contribution in [-0.2, 0) is 13.5 Å². The molecule has 4 nitrogen and oxygen atoms in total. The van der Waals surface area contributed by atoms with E-state index in [4.69, 9.17) is 0 Å². The van der Waals surface area contributed by atoms with Crippen LogP contribution in [-0.4, -0.2) is 22.0 Å². The van der Waals surface area contributed by atoms with Gasteiger partial charge in [0.25, 0.3) is 5.91 Å². The third-order valence-corrected chi connectivity index (χ3v) is 3.70. The number of fused-ring (bicyclic) bond motifs is 1. The van der Waals surface area contributed by atoms with Crippen LogP contribution >= 0.6 is 0 Å². The van der Waals surface area contributed by atoms with Crippen molar-refractivity contribution in [1.29, 1.82) is 0 Å². The Kier molecular flexibility index (Phi) is 4.06. The van der Waals surface area contributed by atoms with Gasteiger partial charge in [0, 0.05) is 25.6 Å². The number of benzene rings is 2. The minimum atomic E-state index is -1.03. The monoisotopic (exact) mass is 315 g/mol. The highest BCUT2D eigenvalue weighted by Gasteiger charge is 2.11. The van der Waals surface area contributed by atoms with E-state index in [0.29, 0.717) is 13.0 Å². The summed E-state index contributed by atoms with van der Waals surface area (Å²) in [7, 11) is 1.92. The number of para-hydroxylation sites is 2. The first-order chi connectivity index (χ1) is 11.1. The van der Waals surface area contributed by atoms with Gasteiger partial charge in [-0.1, -0.05) is 12.1 Å². The van der Waals surface area contributed by atoms with Crippen molar-refractivity contribution in [1.82, 2.24) is 14.9 Å². The topological polar surface area (TPSA) is 46.9 Å².